The number of nitrogens with two attached hydrogens (primary N) is 2. The number of pyridine rings is 2. The highest BCUT2D eigenvalue weighted by Crippen LogP contribution is 2.27. The Morgan fingerprint density at radius 3 is 2.50 bits per heavy atom. The molecule has 0 amide bonds. The van der Waals surface area contributed by atoms with E-state index in [1.165, 1.54) is 0 Å². The van der Waals surface area contributed by atoms with E-state index in [1.807, 2.05) is 48.7 Å². The maximum Gasteiger partial charge on any atom is 0.134 e. The molecule has 3 aromatic heterocycles. The van der Waals surface area contributed by atoms with Crippen molar-refractivity contribution in [1.29, 1.82) is 0 Å². The van der Waals surface area contributed by atoms with Crippen LogP contribution >= 0.6 is 11.6 Å². The van der Waals surface area contributed by atoms with Crippen molar-refractivity contribution in [2.75, 3.05) is 31.3 Å². The van der Waals surface area contributed by atoms with Gasteiger partial charge in [-0.3, -0.25) is 0 Å². The van der Waals surface area contributed by atoms with Crippen LogP contribution in [-0.2, 0) is 17.9 Å². The van der Waals surface area contributed by atoms with Gasteiger partial charge in [0.15, 0.2) is 0 Å². The summed E-state index contributed by atoms with van der Waals surface area (Å²) in [5, 5.41) is 10.6. The van der Waals surface area contributed by atoms with Crippen molar-refractivity contribution < 1.29 is 14.2 Å². The van der Waals surface area contributed by atoms with Gasteiger partial charge in [0.1, 0.15) is 42.0 Å². The van der Waals surface area contributed by atoms with Crippen molar-refractivity contribution in [2.24, 2.45) is 0 Å². The molecule has 4 N–H and O–H groups in total. The van der Waals surface area contributed by atoms with Gasteiger partial charge in [-0.25, -0.2) is 14.6 Å². The van der Waals surface area contributed by atoms with Gasteiger partial charge in [-0.2, -0.15) is 0 Å². The van der Waals surface area contributed by atoms with Crippen LogP contribution in [0, 0.1) is 0 Å². The van der Waals surface area contributed by atoms with Crippen LogP contribution in [0.25, 0.3) is 21.8 Å². The molecule has 184 valence electrons. The van der Waals surface area contributed by atoms with Crippen LogP contribution in [0.2, 0.25) is 5.02 Å². The van der Waals surface area contributed by atoms with Gasteiger partial charge in [-0.1, -0.05) is 16.8 Å². The van der Waals surface area contributed by atoms with Gasteiger partial charge in [0.05, 0.1) is 42.0 Å². The highest BCUT2D eigenvalue weighted by molar-refractivity contribution is 6.35. The Morgan fingerprint density at radius 2 is 1.61 bits per heavy atom. The summed E-state index contributed by atoms with van der Waals surface area (Å²) in [4.78, 5) is 8.54. The first-order chi connectivity index (χ1) is 17.5. The molecular weight excluding hydrogens is 482 g/mol. The van der Waals surface area contributed by atoms with Crippen molar-refractivity contribution in [3.63, 3.8) is 0 Å². The SMILES string of the molecule is Nc1ccc2cc(OCc3cn(CCOCCOc4ccc5nc(N)cc(Cl)c5c4)nn3)ccc2n1. The van der Waals surface area contributed by atoms with Gasteiger partial charge < -0.3 is 25.7 Å². The lowest BCUT2D eigenvalue weighted by Crippen LogP contribution is -2.11. The second-order valence-electron chi connectivity index (χ2n) is 8.02. The lowest BCUT2D eigenvalue weighted by molar-refractivity contribution is 0.0924. The molecule has 0 aliphatic carbocycles. The number of hydrogen-bond acceptors (Lipinski definition) is 9. The van der Waals surface area contributed by atoms with Crippen LogP contribution in [0.5, 0.6) is 11.5 Å². The fourth-order valence-electron chi connectivity index (χ4n) is 3.63. The third-order valence-corrected chi connectivity index (χ3v) is 5.68. The van der Waals surface area contributed by atoms with Crippen LogP contribution in [0.15, 0.2) is 60.8 Å². The summed E-state index contributed by atoms with van der Waals surface area (Å²) in [7, 11) is 0. The van der Waals surface area contributed by atoms with Gasteiger partial charge in [-0.05, 0) is 54.6 Å². The van der Waals surface area contributed by atoms with Crippen molar-refractivity contribution >= 4 is 45.0 Å². The molecule has 2 aromatic carbocycles. The molecule has 0 atom stereocenters. The van der Waals surface area contributed by atoms with E-state index in [-0.39, 0.29) is 0 Å². The van der Waals surface area contributed by atoms with E-state index in [0.717, 1.165) is 33.2 Å². The molecule has 0 saturated carbocycles. The third-order valence-electron chi connectivity index (χ3n) is 5.37. The average molecular weight is 506 g/mol. The molecular formula is C25H24ClN7O3. The molecule has 0 fully saturated rings. The Balaban J connectivity index is 1.03. The molecule has 0 aliphatic rings. The first-order valence-corrected chi connectivity index (χ1v) is 11.7. The molecule has 0 saturated heterocycles. The number of nitrogens with zero attached hydrogens (tertiary/aromatic N) is 5. The minimum absolute atomic E-state index is 0.306. The van der Waals surface area contributed by atoms with Crippen molar-refractivity contribution in [3.05, 3.63) is 71.5 Å². The number of ether oxygens (including phenoxy) is 3. The number of benzene rings is 2. The van der Waals surface area contributed by atoms with E-state index >= 15 is 0 Å². The number of nitrogen functional groups attached to an aromatic ring is 2. The standard InChI is InChI=1S/C25H24ClN7O3/c26-21-13-25(28)30-23-5-3-19(12-20(21)23)35-10-9-34-8-7-33-14-17(31-32-33)15-36-18-2-4-22-16(11-18)1-6-24(27)29-22/h1-6,11-14H,7-10,15H2,(H2,27,29)(H2,28,30). The van der Waals surface area contributed by atoms with Gasteiger partial charge >= 0.3 is 0 Å². The molecule has 0 unspecified atom stereocenters. The minimum atomic E-state index is 0.306. The summed E-state index contributed by atoms with van der Waals surface area (Å²) in [6, 6.07) is 16.4. The van der Waals surface area contributed by atoms with E-state index in [1.54, 1.807) is 16.8 Å². The lowest BCUT2D eigenvalue weighted by atomic mass is 10.2. The van der Waals surface area contributed by atoms with Crippen LogP contribution < -0.4 is 20.9 Å². The van der Waals surface area contributed by atoms with Gasteiger partial charge in [0.2, 0.25) is 0 Å². The smallest absolute Gasteiger partial charge is 0.134 e. The Morgan fingerprint density at radius 1 is 0.806 bits per heavy atom. The maximum absolute atomic E-state index is 6.25. The minimum Gasteiger partial charge on any atom is -0.491 e. The summed E-state index contributed by atoms with van der Waals surface area (Å²) in [5.74, 6) is 2.28. The Hall–Kier alpha value is -4.15. The molecule has 10 nitrogen and oxygen atoms in total. The number of aromatic nitrogens is 5. The number of rotatable bonds is 10. The Bertz CT molecular complexity index is 1510. The highest BCUT2D eigenvalue weighted by Gasteiger charge is 2.06. The van der Waals surface area contributed by atoms with Crippen molar-refractivity contribution in [1.82, 2.24) is 25.0 Å². The zero-order valence-electron chi connectivity index (χ0n) is 19.3. The topological polar surface area (TPSA) is 136 Å². The molecule has 0 radical (unpaired) electrons. The quantitative estimate of drug-likeness (QED) is 0.271. The summed E-state index contributed by atoms with van der Waals surface area (Å²) < 4.78 is 19.0. The van der Waals surface area contributed by atoms with Crippen LogP contribution in [0.3, 0.4) is 0 Å². The summed E-state index contributed by atoms with van der Waals surface area (Å²) in [6.45, 7) is 2.17. The predicted molar refractivity (Wildman–Crippen MR) is 138 cm³/mol. The van der Waals surface area contributed by atoms with Crippen molar-refractivity contribution in [3.8, 4) is 11.5 Å². The largest absolute Gasteiger partial charge is 0.491 e. The zero-order chi connectivity index (χ0) is 24.9. The average Bonchev–Trinajstić information content (AvgIpc) is 3.32. The van der Waals surface area contributed by atoms with E-state index in [9.17, 15) is 0 Å². The van der Waals surface area contributed by atoms with Gasteiger partial charge in [0.25, 0.3) is 0 Å². The third kappa shape index (κ3) is 5.73. The fraction of sp³-hybridized carbons (Fsp3) is 0.200. The molecule has 0 bridgehead atoms. The monoisotopic (exact) mass is 505 g/mol. The van der Waals surface area contributed by atoms with Crippen molar-refractivity contribution in [2.45, 2.75) is 13.2 Å². The zero-order valence-corrected chi connectivity index (χ0v) is 20.1. The summed E-state index contributed by atoms with van der Waals surface area (Å²) in [5.41, 5.74) is 13.7. The normalized spacial score (nSPS) is 11.2. The number of fused-ring (bicyclic) bond motifs is 2. The molecule has 0 spiro atoms. The van der Waals surface area contributed by atoms with E-state index < -0.39 is 0 Å². The van der Waals surface area contributed by atoms with E-state index in [4.69, 9.17) is 37.3 Å². The number of halogens is 1. The Kier molecular flexibility index (Phi) is 6.96. The predicted octanol–water partition coefficient (Wildman–Crippen LogP) is 3.87. The second kappa shape index (κ2) is 10.6. The fourth-order valence-corrected chi connectivity index (χ4v) is 3.89. The highest BCUT2D eigenvalue weighted by atomic mass is 35.5. The first-order valence-electron chi connectivity index (χ1n) is 11.3. The van der Waals surface area contributed by atoms with Crippen LogP contribution in [0.1, 0.15) is 5.69 Å². The second-order valence-corrected chi connectivity index (χ2v) is 8.43. The van der Waals surface area contributed by atoms with E-state index in [2.05, 4.69) is 20.3 Å². The molecule has 5 rings (SSSR count). The van der Waals surface area contributed by atoms with E-state index in [0.29, 0.717) is 55.4 Å². The Labute approximate surface area is 211 Å². The number of hydrogen-bond donors (Lipinski definition) is 2. The van der Waals surface area contributed by atoms with Gasteiger partial charge in [0, 0.05) is 10.8 Å². The van der Waals surface area contributed by atoms with Gasteiger partial charge in [-0.15, -0.1) is 5.10 Å². The summed E-state index contributed by atoms with van der Waals surface area (Å²) >= 11 is 6.25. The van der Waals surface area contributed by atoms with Crippen LogP contribution in [-0.4, -0.2) is 44.8 Å². The molecule has 3 heterocycles. The first kappa shape index (κ1) is 23.6. The molecule has 36 heavy (non-hydrogen) atoms. The lowest BCUT2D eigenvalue weighted by Gasteiger charge is -2.09. The summed E-state index contributed by atoms with van der Waals surface area (Å²) in [6.07, 6.45) is 1.84. The van der Waals surface area contributed by atoms with Crippen LogP contribution in [0.4, 0.5) is 11.6 Å². The molecule has 11 heteroatoms. The molecule has 5 aromatic rings. The number of anilines is 2. The molecule has 0 aliphatic heterocycles. The maximum atomic E-state index is 6.25.